The largest absolute Gasteiger partial charge is 0.465 e. The van der Waals surface area contributed by atoms with Crippen molar-refractivity contribution in [1.29, 1.82) is 0 Å². The highest BCUT2D eigenvalue weighted by Crippen LogP contribution is 2.32. The van der Waals surface area contributed by atoms with E-state index in [-0.39, 0.29) is 11.2 Å². The van der Waals surface area contributed by atoms with Crippen LogP contribution < -0.4 is 0 Å². The van der Waals surface area contributed by atoms with Crippen molar-refractivity contribution in [3.8, 4) is 0 Å². The van der Waals surface area contributed by atoms with Crippen LogP contribution in [-0.2, 0) is 9.53 Å². The van der Waals surface area contributed by atoms with Crippen molar-refractivity contribution >= 4 is 39.3 Å². The van der Waals surface area contributed by atoms with Gasteiger partial charge >= 0.3 is 5.97 Å². The summed E-state index contributed by atoms with van der Waals surface area (Å²) in [6.45, 7) is 4.07. The number of thioether (sulfide) groups is 1. The minimum absolute atomic E-state index is 0.184. The Bertz CT molecular complexity index is 491. The molecule has 17 heavy (non-hydrogen) atoms. The lowest BCUT2D eigenvalue weighted by Crippen LogP contribution is -2.16. The van der Waals surface area contributed by atoms with Gasteiger partial charge in [0.05, 0.1) is 16.8 Å². The van der Waals surface area contributed by atoms with Crippen LogP contribution in [0.2, 0.25) is 0 Å². The highest BCUT2D eigenvalue weighted by Gasteiger charge is 2.17. The van der Waals surface area contributed by atoms with Gasteiger partial charge in [0.25, 0.3) is 0 Å². The number of carbonyl (C=O) groups is 1. The third kappa shape index (κ3) is 2.98. The molecule has 5 heteroatoms. The van der Waals surface area contributed by atoms with Crippen molar-refractivity contribution < 1.29 is 9.53 Å². The molecule has 0 spiro atoms. The summed E-state index contributed by atoms with van der Waals surface area (Å²) in [6.07, 6.45) is 0. The maximum Gasteiger partial charge on any atom is 0.319 e. The van der Waals surface area contributed by atoms with Gasteiger partial charge in [-0.15, -0.1) is 11.3 Å². The van der Waals surface area contributed by atoms with E-state index in [2.05, 4.69) is 4.98 Å². The van der Waals surface area contributed by atoms with Gasteiger partial charge in [-0.3, -0.25) is 4.79 Å². The molecule has 1 atom stereocenters. The molecule has 1 aromatic heterocycles. The van der Waals surface area contributed by atoms with Crippen LogP contribution in [0.3, 0.4) is 0 Å². The molecule has 2 aromatic rings. The predicted octanol–water partition coefficient (Wildman–Crippen LogP) is 3.34. The van der Waals surface area contributed by atoms with Crippen LogP contribution in [0.1, 0.15) is 13.8 Å². The molecule has 90 valence electrons. The second-order valence-corrected chi connectivity index (χ2v) is 6.08. The van der Waals surface area contributed by atoms with Crippen LogP contribution in [0.25, 0.3) is 10.2 Å². The standard InChI is InChI=1S/C12H13NO2S2/c1-3-15-11(14)8(2)16-12-13-9-6-4-5-7-10(9)17-12/h4-8H,3H2,1-2H3. The third-order valence-electron chi connectivity index (χ3n) is 2.17. The average Bonchev–Trinajstić information content (AvgIpc) is 2.71. The summed E-state index contributed by atoms with van der Waals surface area (Å²) in [6, 6.07) is 7.96. The van der Waals surface area contributed by atoms with Gasteiger partial charge in [-0.05, 0) is 26.0 Å². The molecule has 0 radical (unpaired) electrons. The fourth-order valence-electron chi connectivity index (χ4n) is 1.36. The lowest BCUT2D eigenvalue weighted by molar-refractivity contribution is -0.142. The van der Waals surface area contributed by atoms with E-state index >= 15 is 0 Å². The van der Waals surface area contributed by atoms with Crippen molar-refractivity contribution in [2.75, 3.05) is 6.61 Å². The lowest BCUT2D eigenvalue weighted by Gasteiger charge is -2.07. The zero-order chi connectivity index (χ0) is 12.3. The number of aromatic nitrogens is 1. The van der Waals surface area contributed by atoms with Crippen LogP contribution in [0.4, 0.5) is 0 Å². The molecule has 1 heterocycles. The number of rotatable bonds is 4. The zero-order valence-electron chi connectivity index (χ0n) is 9.67. The van der Waals surface area contributed by atoms with Gasteiger partial charge in [0, 0.05) is 0 Å². The summed E-state index contributed by atoms with van der Waals surface area (Å²) < 4.78 is 7.02. The highest BCUT2D eigenvalue weighted by molar-refractivity contribution is 8.02. The van der Waals surface area contributed by atoms with Gasteiger partial charge in [0.15, 0.2) is 4.34 Å². The molecule has 0 bridgehead atoms. The van der Waals surface area contributed by atoms with Gasteiger partial charge in [0.2, 0.25) is 0 Å². The number of hydrogen-bond donors (Lipinski definition) is 0. The van der Waals surface area contributed by atoms with E-state index in [9.17, 15) is 4.79 Å². The number of benzene rings is 1. The second-order valence-electron chi connectivity index (χ2n) is 3.46. The molecule has 0 aliphatic heterocycles. The van der Waals surface area contributed by atoms with E-state index < -0.39 is 0 Å². The van der Waals surface area contributed by atoms with E-state index in [0.717, 1.165) is 14.6 Å². The molecule has 0 saturated carbocycles. The number of carbonyl (C=O) groups excluding carboxylic acids is 1. The topological polar surface area (TPSA) is 39.2 Å². The van der Waals surface area contributed by atoms with Crippen LogP contribution in [-0.4, -0.2) is 22.8 Å². The first-order valence-electron chi connectivity index (χ1n) is 5.39. The van der Waals surface area contributed by atoms with Crippen molar-refractivity contribution in [2.24, 2.45) is 0 Å². The normalized spacial score (nSPS) is 12.6. The Morgan fingerprint density at radius 3 is 3.00 bits per heavy atom. The smallest absolute Gasteiger partial charge is 0.319 e. The Balaban J connectivity index is 2.10. The SMILES string of the molecule is CCOC(=O)C(C)Sc1nc2ccccc2s1. The summed E-state index contributed by atoms with van der Waals surface area (Å²) in [5.41, 5.74) is 0.982. The van der Waals surface area contributed by atoms with Crippen LogP contribution in [0, 0.1) is 0 Å². The van der Waals surface area contributed by atoms with Crippen molar-refractivity contribution in [2.45, 2.75) is 23.4 Å². The number of para-hydroxylation sites is 1. The van der Waals surface area contributed by atoms with Gasteiger partial charge < -0.3 is 4.74 Å². The molecule has 1 unspecified atom stereocenters. The Kier molecular flexibility index (Phi) is 4.02. The number of nitrogens with zero attached hydrogens (tertiary/aromatic N) is 1. The van der Waals surface area contributed by atoms with Gasteiger partial charge in [-0.25, -0.2) is 4.98 Å². The predicted molar refractivity (Wildman–Crippen MR) is 71.6 cm³/mol. The van der Waals surface area contributed by atoms with E-state index in [1.54, 1.807) is 11.3 Å². The summed E-state index contributed by atoms with van der Waals surface area (Å²) in [4.78, 5) is 16.0. The Morgan fingerprint density at radius 2 is 2.29 bits per heavy atom. The van der Waals surface area contributed by atoms with E-state index in [0.29, 0.717) is 6.61 Å². The van der Waals surface area contributed by atoms with Gasteiger partial charge in [-0.2, -0.15) is 0 Å². The van der Waals surface area contributed by atoms with Crippen molar-refractivity contribution in [3.05, 3.63) is 24.3 Å². The monoisotopic (exact) mass is 267 g/mol. The highest BCUT2D eigenvalue weighted by atomic mass is 32.2. The number of thiazole rings is 1. The number of ether oxygens (including phenoxy) is 1. The molecule has 2 rings (SSSR count). The molecule has 0 fully saturated rings. The Hall–Kier alpha value is -1.07. The molecule has 0 amide bonds. The number of esters is 1. The van der Waals surface area contributed by atoms with Gasteiger partial charge in [-0.1, -0.05) is 23.9 Å². The maximum atomic E-state index is 11.5. The first kappa shape index (κ1) is 12.4. The second kappa shape index (κ2) is 5.51. The zero-order valence-corrected chi connectivity index (χ0v) is 11.3. The summed E-state index contributed by atoms with van der Waals surface area (Å²) in [7, 11) is 0. The fraction of sp³-hybridized carbons (Fsp3) is 0.333. The van der Waals surface area contributed by atoms with Crippen molar-refractivity contribution in [1.82, 2.24) is 4.98 Å². The molecule has 1 aromatic carbocycles. The van der Waals surface area contributed by atoms with E-state index in [4.69, 9.17) is 4.74 Å². The van der Waals surface area contributed by atoms with E-state index in [1.165, 1.54) is 11.8 Å². The summed E-state index contributed by atoms with van der Waals surface area (Å²) in [5.74, 6) is -0.184. The Morgan fingerprint density at radius 1 is 1.53 bits per heavy atom. The first-order valence-corrected chi connectivity index (χ1v) is 7.09. The quantitative estimate of drug-likeness (QED) is 0.629. The molecular formula is C12H13NO2S2. The maximum absolute atomic E-state index is 11.5. The molecule has 0 aliphatic rings. The minimum Gasteiger partial charge on any atom is -0.465 e. The first-order chi connectivity index (χ1) is 8.20. The number of fused-ring (bicyclic) bond motifs is 1. The summed E-state index contributed by atoms with van der Waals surface area (Å²) >= 11 is 3.06. The lowest BCUT2D eigenvalue weighted by atomic mass is 10.3. The fourth-order valence-corrected chi connectivity index (χ4v) is 3.57. The molecule has 0 N–H and O–H groups in total. The van der Waals surface area contributed by atoms with Crippen LogP contribution in [0.15, 0.2) is 28.6 Å². The molecule has 0 aliphatic carbocycles. The Labute approximate surface area is 108 Å². The van der Waals surface area contributed by atoms with Gasteiger partial charge in [0.1, 0.15) is 5.25 Å². The molecule has 3 nitrogen and oxygen atoms in total. The van der Waals surface area contributed by atoms with Crippen molar-refractivity contribution in [3.63, 3.8) is 0 Å². The molecule has 0 saturated heterocycles. The summed E-state index contributed by atoms with van der Waals surface area (Å²) in [5, 5.41) is -0.212. The van der Waals surface area contributed by atoms with Crippen LogP contribution >= 0.6 is 23.1 Å². The minimum atomic E-state index is -0.212. The van der Waals surface area contributed by atoms with Crippen LogP contribution in [0.5, 0.6) is 0 Å². The third-order valence-corrected chi connectivity index (χ3v) is 4.38. The average molecular weight is 267 g/mol. The molecular weight excluding hydrogens is 254 g/mol. The van der Waals surface area contributed by atoms with E-state index in [1.807, 2.05) is 38.1 Å². The number of hydrogen-bond acceptors (Lipinski definition) is 5.